The van der Waals surface area contributed by atoms with Gasteiger partial charge in [-0.3, -0.25) is 0 Å². The summed E-state index contributed by atoms with van der Waals surface area (Å²) in [5, 5.41) is 16.5. The largest absolute Gasteiger partial charge is 0.316 e. The van der Waals surface area contributed by atoms with Crippen molar-refractivity contribution in [1.29, 1.82) is 0 Å². The van der Waals surface area contributed by atoms with Crippen LogP contribution in [0.15, 0.2) is 22.7 Å². The molecular weight excluding hydrogens is 274 g/mol. The van der Waals surface area contributed by atoms with Crippen LogP contribution in [0.1, 0.15) is 37.3 Å². The van der Waals surface area contributed by atoms with Crippen molar-refractivity contribution in [2.45, 2.75) is 48.6 Å². The lowest BCUT2D eigenvalue weighted by atomic mass is 10.3. The van der Waals surface area contributed by atoms with E-state index >= 15 is 0 Å². The van der Waals surface area contributed by atoms with Crippen LogP contribution in [0.2, 0.25) is 0 Å². The molecule has 0 saturated heterocycles. The number of rotatable bonds is 5. The molecule has 1 N–H and O–H groups in total. The van der Waals surface area contributed by atoms with Gasteiger partial charge in [-0.15, -0.1) is 5.10 Å². The SMILES string of the molecule is CNCc1cnc(Sc2nnnn2C2CCCC2)nc1. The molecule has 1 saturated carbocycles. The summed E-state index contributed by atoms with van der Waals surface area (Å²) in [4.78, 5) is 8.69. The van der Waals surface area contributed by atoms with Crippen molar-refractivity contribution in [3.05, 3.63) is 18.0 Å². The van der Waals surface area contributed by atoms with Gasteiger partial charge in [0.2, 0.25) is 5.16 Å². The minimum atomic E-state index is 0.427. The molecule has 0 atom stereocenters. The highest BCUT2D eigenvalue weighted by atomic mass is 32.2. The van der Waals surface area contributed by atoms with Gasteiger partial charge in [-0.2, -0.15) is 0 Å². The molecule has 1 fully saturated rings. The maximum atomic E-state index is 4.34. The molecule has 0 amide bonds. The summed E-state index contributed by atoms with van der Waals surface area (Å²) in [6, 6.07) is 0.427. The molecule has 20 heavy (non-hydrogen) atoms. The molecule has 0 unspecified atom stereocenters. The second kappa shape index (κ2) is 6.27. The van der Waals surface area contributed by atoms with Gasteiger partial charge in [-0.1, -0.05) is 12.8 Å². The molecule has 1 aliphatic rings. The Labute approximate surface area is 121 Å². The van der Waals surface area contributed by atoms with Crippen molar-refractivity contribution >= 4 is 11.8 Å². The average molecular weight is 291 g/mol. The van der Waals surface area contributed by atoms with Gasteiger partial charge in [0.25, 0.3) is 0 Å². The van der Waals surface area contributed by atoms with E-state index in [1.54, 1.807) is 0 Å². The van der Waals surface area contributed by atoms with Gasteiger partial charge in [-0.25, -0.2) is 14.6 Å². The Morgan fingerprint density at radius 1 is 1.30 bits per heavy atom. The molecule has 0 radical (unpaired) electrons. The lowest BCUT2D eigenvalue weighted by Gasteiger charge is -2.10. The van der Waals surface area contributed by atoms with Gasteiger partial charge in [0.1, 0.15) is 0 Å². The van der Waals surface area contributed by atoms with E-state index in [1.807, 2.05) is 24.1 Å². The van der Waals surface area contributed by atoms with Crippen LogP contribution >= 0.6 is 11.8 Å². The summed E-state index contributed by atoms with van der Waals surface area (Å²) in [7, 11) is 1.90. The van der Waals surface area contributed by atoms with Crippen LogP contribution in [-0.2, 0) is 6.54 Å². The molecule has 1 aliphatic carbocycles. The molecular formula is C12H17N7S. The van der Waals surface area contributed by atoms with Crippen LogP contribution in [0.3, 0.4) is 0 Å². The van der Waals surface area contributed by atoms with Gasteiger partial charge in [-0.05, 0) is 42.1 Å². The third kappa shape index (κ3) is 2.96. The normalized spacial score (nSPS) is 15.8. The highest BCUT2D eigenvalue weighted by Crippen LogP contribution is 2.32. The van der Waals surface area contributed by atoms with Crippen LogP contribution in [-0.4, -0.2) is 37.2 Å². The van der Waals surface area contributed by atoms with Gasteiger partial charge in [0.05, 0.1) is 6.04 Å². The smallest absolute Gasteiger partial charge is 0.217 e. The van der Waals surface area contributed by atoms with E-state index in [9.17, 15) is 0 Å². The lowest BCUT2D eigenvalue weighted by molar-refractivity contribution is 0.423. The topological polar surface area (TPSA) is 81.4 Å². The fourth-order valence-electron chi connectivity index (χ4n) is 2.40. The summed E-state index contributed by atoms with van der Waals surface area (Å²) in [6.45, 7) is 0.769. The Morgan fingerprint density at radius 3 is 2.75 bits per heavy atom. The van der Waals surface area contributed by atoms with Crippen LogP contribution in [0, 0.1) is 0 Å². The number of tetrazole rings is 1. The monoisotopic (exact) mass is 291 g/mol. The maximum Gasteiger partial charge on any atom is 0.217 e. The molecule has 8 heteroatoms. The van der Waals surface area contributed by atoms with Crippen LogP contribution < -0.4 is 5.32 Å². The highest BCUT2D eigenvalue weighted by Gasteiger charge is 2.22. The first kappa shape index (κ1) is 13.4. The summed E-state index contributed by atoms with van der Waals surface area (Å²) < 4.78 is 1.92. The van der Waals surface area contributed by atoms with Crippen LogP contribution in [0.4, 0.5) is 0 Å². The van der Waals surface area contributed by atoms with Crippen molar-refractivity contribution in [2.24, 2.45) is 0 Å². The van der Waals surface area contributed by atoms with Gasteiger partial charge >= 0.3 is 0 Å². The van der Waals surface area contributed by atoms with Crippen molar-refractivity contribution in [1.82, 2.24) is 35.5 Å². The molecule has 3 rings (SSSR count). The number of hydrogen-bond donors (Lipinski definition) is 1. The fraction of sp³-hybridized carbons (Fsp3) is 0.583. The van der Waals surface area contributed by atoms with Gasteiger partial charge in [0.15, 0.2) is 5.16 Å². The molecule has 0 spiro atoms. The minimum absolute atomic E-state index is 0.427. The van der Waals surface area contributed by atoms with Gasteiger partial charge < -0.3 is 5.32 Å². The fourth-order valence-corrected chi connectivity index (χ4v) is 3.13. The van der Waals surface area contributed by atoms with E-state index < -0.39 is 0 Å². The zero-order valence-electron chi connectivity index (χ0n) is 11.4. The standard InChI is InChI=1S/C12H17N7S/c1-13-6-9-7-14-11(15-8-9)20-12-16-17-18-19(12)10-4-2-3-5-10/h7-8,10,13H,2-6H2,1H3. The number of hydrogen-bond acceptors (Lipinski definition) is 7. The Hall–Kier alpha value is -1.54. The zero-order valence-corrected chi connectivity index (χ0v) is 12.2. The predicted molar refractivity (Wildman–Crippen MR) is 74.2 cm³/mol. The summed E-state index contributed by atoms with van der Waals surface area (Å²) in [5.41, 5.74) is 1.06. The first-order chi connectivity index (χ1) is 9.86. The Morgan fingerprint density at radius 2 is 2.05 bits per heavy atom. The van der Waals surface area contributed by atoms with Gasteiger partial charge in [0, 0.05) is 24.5 Å². The number of aromatic nitrogens is 6. The minimum Gasteiger partial charge on any atom is -0.316 e. The highest BCUT2D eigenvalue weighted by molar-refractivity contribution is 7.99. The van der Waals surface area contributed by atoms with Crippen molar-refractivity contribution < 1.29 is 0 Å². The van der Waals surface area contributed by atoms with Crippen molar-refractivity contribution in [3.63, 3.8) is 0 Å². The maximum absolute atomic E-state index is 4.34. The van der Waals surface area contributed by atoms with E-state index in [0.29, 0.717) is 11.2 Å². The first-order valence-electron chi connectivity index (χ1n) is 6.78. The zero-order chi connectivity index (χ0) is 13.8. The van der Waals surface area contributed by atoms with E-state index in [0.717, 1.165) is 30.1 Å². The molecule has 2 aromatic rings. The van der Waals surface area contributed by atoms with Crippen molar-refractivity contribution in [2.75, 3.05) is 7.05 Å². The number of nitrogens with zero attached hydrogens (tertiary/aromatic N) is 6. The second-order valence-electron chi connectivity index (χ2n) is 4.85. The molecule has 0 bridgehead atoms. The lowest BCUT2D eigenvalue weighted by Crippen LogP contribution is -2.08. The van der Waals surface area contributed by atoms with Crippen molar-refractivity contribution in [3.8, 4) is 0 Å². The first-order valence-corrected chi connectivity index (χ1v) is 7.59. The van der Waals surface area contributed by atoms with E-state index in [1.165, 1.54) is 24.6 Å². The molecule has 0 aromatic carbocycles. The van der Waals surface area contributed by atoms with E-state index in [-0.39, 0.29) is 0 Å². The van der Waals surface area contributed by atoms with Crippen LogP contribution in [0.5, 0.6) is 0 Å². The summed E-state index contributed by atoms with van der Waals surface area (Å²) in [6.07, 6.45) is 8.47. The summed E-state index contributed by atoms with van der Waals surface area (Å²) in [5.74, 6) is 0. The predicted octanol–water partition coefficient (Wildman–Crippen LogP) is 1.45. The average Bonchev–Trinajstić information content (AvgIpc) is 3.12. The van der Waals surface area contributed by atoms with E-state index in [4.69, 9.17) is 0 Å². The molecule has 7 nitrogen and oxygen atoms in total. The third-order valence-electron chi connectivity index (χ3n) is 3.38. The Balaban J connectivity index is 1.72. The molecule has 2 aromatic heterocycles. The quantitative estimate of drug-likeness (QED) is 0.835. The third-order valence-corrected chi connectivity index (χ3v) is 4.22. The van der Waals surface area contributed by atoms with Crippen LogP contribution in [0.25, 0.3) is 0 Å². The Bertz CT molecular complexity index is 547. The molecule has 106 valence electrons. The molecule has 0 aliphatic heterocycles. The molecule has 2 heterocycles. The summed E-state index contributed by atoms with van der Waals surface area (Å²) >= 11 is 1.42. The second-order valence-corrected chi connectivity index (χ2v) is 5.79. The number of nitrogens with one attached hydrogen (secondary N) is 1. The Kier molecular flexibility index (Phi) is 4.22. The van der Waals surface area contributed by atoms with E-state index in [2.05, 4.69) is 30.8 Å².